The number of fused-ring (bicyclic) bond motifs is 2. The minimum Gasteiger partial charge on any atom is -0.481 e. The van der Waals surface area contributed by atoms with E-state index in [0.717, 1.165) is 24.8 Å². The Morgan fingerprint density at radius 3 is 2.58 bits per heavy atom. The van der Waals surface area contributed by atoms with E-state index in [0.29, 0.717) is 41.1 Å². The molecule has 0 saturated heterocycles. The lowest BCUT2D eigenvalue weighted by Gasteiger charge is -2.26. The van der Waals surface area contributed by atoms with Crippen LogP contribution in [0.4, 0.5) is 5.82 Å². The molecule has 1 atom stereocenters. The summed E-state index contributed by atoms with van der Waals surface area (Å²) in [5.74, 6) is -0.401. The molecule has 1 heterocycles. The Labute approximate surface area is 209 Å². The highest BCUT2D eigenvalue weighted by Gasteiger charge is 2.22. The van der Waals surface area contributed by atoms with E-state index in [-0.39, 0.29) is 18.4 Å². The number of benzene rings is 3. The van der Waals surface area contributed by atoms with Crippen LogP contribution in [0.1, 0.15) is 53.2 Å². The molecule has 1 unspecified atom stereocenters. The first-order chi connectivity index (χ1) is 17.6. The second-order valence-corrected chi connectivity index (χ2v) is 9.03. The number of carbonyl (C=O) groups excluding carboxylic acids is 1. The molecule has 0 radical (unpaired) electrons. The lowest BCUT2D eigenvalue weighted by atomic mass is 9.87. The largest absolute Gasteiger partial charge is 0.481 e. The third-order valence-electron chi connectivity index (χ3n) is 6.51. The Bertz CT molecular complexity index is 1400. The normalized spacial score (nSPS) is 14.7. The number of aryl methyl sites for hydroxylation is 1. The van der Waals surface area contributed by atoms with Crippen molar-refractivity contribution in [3.8, 4) is 11.3 Å². The Balaban J connectivity index is 1.42. The van der Waals surface area contributed by atoms with Gasteiger partial charge in [-0.3, -0.25) is 9.59 Å². The van der Waals surface area contributed by atoms with E-state index in [2.05, 4.69) is 22.8 Å². The molecule has 36 heavy (non-hydrogen) atoms. The van der Waals surface area contributed by atoms with E-state index in [1.807, 2.05) is 48.5 Å². The molecule has 0 saturated carbocycles. The fraction of sp³-hybridized carbons (Fsp3) is 0.241. The van der Waals surface area contributed by atoms with Crippen LogP contribution in [-0.4, -0.2) is 33.5 Å². The van der Waals surface area contributed by atoms with Gasteiger partial charge in [-0.15, -0.1) is 0 Å². The van der Waals surface area contributed by atoms with E-state index in [1.165, 1.54) is 11.1 Å². The van der Waals surface area contributed by atoms with Gasteiger partial charge in [-0.25, -0.2) is 9.97 Å². The van der Waals surface area contributed by atoms with E-state index in [9.17, 15) is 9.59 Å². The average Bonchev–Trinajstić information content (AvgIpc) is 2.91. The fourth-order valence-corrected chi connectivity index (χ4v) is 4.71. The minimum absolute atomic E-state index is 0.00356. The number of aliphatic carboxylic acids is 1. The summed E-state index contributed by atoms with van der Waals surface area (Å²) in [7, 11) is 0. The van der Waals surface area contributed by atoms with Gasteiger partial charge in [-0.05, 0) is 55.0 Å². The van der Waals surface area contributed by atoms with Gasteiger partial charge in [0, 0.05) is 24.1 Å². The smallest absolute Gasteiger partial charge is 0.303 e. The van der Waals surface area contributed by atoms with Crippen LogP contribution < -0.4 is 10.6 Å². The quantitative estimate of drug-likeness (QED) is 0.293. The lowest BCUT2D eigenvalue weighted by Crippen LogP contribution is -2.31. The van der Waals surface area contributed by atoms with Crippen LogP contribution in [-0.2, 0) is 11.2 Å². The molecule has 3 N–H and O–H groups in total. The van der Waals surface area contributed by atoms with Gasteiger partial charge in [-0.2, -0.15) is 0 Å². The first-order valence-electron chi connectivity index (χ1n) is 12.3. The molecule has 7 nitrogen and oxygen atoms in total. The Morgan fingerprint density at radius 2 is 1.75 bits per heavy atom. The summed E-state index contributed by atoms with van der Waals surface area (Å²) < 4.78 is 0. The van der Waals surface area contributed by atoms with Crippen molar-refractivity contribution in [1.29, 1.82) is 0 Å². The highest BCUT2D eigenvalue weighted by molar-refractivity contribution is 5.98. The van der Waals surface area contributed by atoms with Crippen molar-refractivity contribution in [3.05, 3.63) is 89.5 Å². The van der Waals surface area contributed by atoms with Crippen LogP contribution in [0.25, 0.3) is 22.3 Å². The average molecular weight is 481 g/mol. The number of carbonyl (C=O) groups is 2. The Hall–Kier alpha value is -4.26. The molecule has 182 valence electrons. The maximum atomic E-state index is 13.2. The third kappa shape index (κ3) is 5.20. The molecule has 4 aromatic rings. The number of nitrogens with zero attached hydrogens (tertiary/aromatic N) is 2. The molecule has 0 spiro atoms. The molecule has 1 aromatic heterocycles. The van der Waals surface area contributed by atoms with Gasteiger partial charge >= 0.3 is 5.97 Å². The number of hydrogen-bond acceptors (Lipinski definition) is 5. The van der Waals surface area contributed by atoms with Gasteiger partial charge in [-0.1, -0.05) is 54.6 Å². The standard InChI is InChI=1S/C29H28N4O3/c34-26(35)14-7-17-30-28-27(20-9-2-1-3-10-20)31-24-16-15-21(18-25(24)32-28)29(36)33-23-13-6-11-19-8-4-5-12-22(19)23/h1-5,8-10,12,15-16,18,23H,6-7,11,13-14,17H2,(H,30,32)(H,33,36)(H,34,35). The van der Waals surface area contributed by atoms with Gasteiger partial charge in [0.15, 0.2) is 5.82 Å². The summed E-state index contributed by atoms with van der Waals surface area (Å²) in [6.45, 7) is 0.452. The first-order valence-corrected chi connectivity index (χ1v) is 12.3. The predicted octanol–water partition coefficient (Wildman–Crippen LogP) is 5.38. The van der Waals surface area contributed by atoms with E-state index >= 15 is 0 Å². The van der Waals surface area contributed by atoms with Crippen LogP contribution in [0.15, 0.2) is 72.8 Å². The van der Waals surface area contributed by atoms with Crippen LogP contribution in [0.2, 0.25) is 0 Å². The maximum absolute atomic E-state index is 13.2. The van der Waals surface area contributed by atoms with E-state index < -0.39 is 5.97 Å². The number of hydrogen-bond donors (Lipinski definition) is 3. The van der Waals surface area contributed by atoms with E-state index in [4.69, 9.17) is 15.1 Å². The third-order valence-corrected chi connectivity index (χ3v) is 6.51. The van der Waals surface area contributed by atoms with Crippen molar-refractivity contribution < 1.29 is 14.7 Å². The summed E-state index contributed by atoms with van der Waals surface area (Å²) in [4.78, 5) is 33.7. The summed E-state index contributed by atoms with van der Waals surface area (Å²) in [5, 5.41) is 15.4. The van der Waals surface area contributed by atoms with Crippen molar-refractivity contribution >= 4 is 28.7 Å². The van der Waals surface area contributed by atoms with Gasteiger partial charge in [0.1, 0.15) is 5.69 Å². The highest BCUT2D eigenvalue weighted by atomic mass is 16.4. The van der Waals surface area contributed by atoms with Gasteiger partial charge in [0.05, 0.1) is 17.1 Å². The van der Waals surface area contributed by atoms with E-state index in [1.54, 1.807) is 12.1 Å². The maximum Gasteiger partial charge on any atom is 0.303 e. The monoisotopic (exact) mass is 480 g/mol. The molecule has 0 aliphatic heterocycles. The number of rotatable bonds is 8. The van der Waals surface area contributed by atoms with Crippen molar-refractivity contribution in [1.82, 2.24) is 15.3 Å². The summed E-state index contributed by atoms with van der Waals surface area (Å²) >= 11 is 0. The van der Waals surface area contributed by atoms with Gasteiger partial charge in [0.2, 0.25) is 0 Å². The first kappa shape index (κ1) is 23.5. The SMILES string of the molecule is O=C(O)CCCNc1nc2cc(C(=O)NC3CCCc4ccccc43)ccc2nc1-c1ccccc1. The lowest BCUT2D eigenvalue weighted by molar-refractivity contribution is -0.137. The Kier molecular flexibility index (Phi) is 6.89. The van der Waals surface area contributed by atoms with Gasteiger partial charge < -0.3 is 15.7 Å². The zero-order chi connectivity index (χ0) is 24.9. The molecule has 7 heteroatoms. The van der Waals surface area contributed by atoms with Crippen LogP contribution in [0, 0.1) is 0 Å². The summed E-state index contributed by atoms with van der Waals surface area (Å²) in [6, 6.07) is 23.4. The number of carboxylic acids is 1. The van der Waals surface area contributed by atoms with Crippen molar-refractivity contribution in [2.24, 2.45) is 0 Å². The minimum atomic E-state index is -0.832. The highest BCUT2D eigenvalue weighted by Crippen LogP contribution is 2.30. The molecule has 5 rings (SSSR count). The molecule has 3 aromatic carbocycles. The van der Waals surface area contributed by atoms with Crippen LogP contribution in [0.3, 0.4) is 0 Å². The molecule has 1 aliphatic carbocycles. The number of carboxylic acid groups (broad SMARTS) is 1. The summed E-state index contributed by atoms with van der Waals surface area (Å²) in [5.41, 5.74) is 5.91. The summed E-state index contributed by atoms with van der Waals surface area (Å²) in [6.07, 6.45) is 3.54. The molecule has 0 fully saturated rings. The topological polar surface area (TPSA) is 104 Å². The Morgan fingerprint density at radius 1 is 0.944 bits per heavy atom. The van der Waals surface area contributed by atoms with Gasteiger partial charge in [0.25, 0.3) is 5.91 Å². The number of aromatic nitrogens is 2. The molecular formula is C29H28N4O3. The fourth-order valence-electron chi connectivity index (χ4n) is 4.71. The van der Waals surface area contributed by atoms with Crippen molar-refractivity contribution in [2.75, 3.05) is 11.9 Å². The second-order valence-electron chi connectivity index (χ2n) is 9.03. The molecule has 1 aliphatic rings. The number of nitrogens with one attached hydrogen (secondary N) is 2. The van der Waals surface area contributed by atoms with Crippen molar-refractivity contribution in [3.63, 3.8) is 0 Å². The zero-order valence-electron chi connectivity index (χ0n) is 19.9. The predicted molar refractivity (Wildman–Crippen MR) is 140 cm³/mol. The van der Waals surface area contributed by atoms with Crippen molar-refractivity contribution in [2.45, 2.75) is 38.1 Å². The zero-order valence-corrected chi connectivity index (χ0v) is 19.9. The number of anilines is 1. The molecule has 1 amide bonds. The molecule has 0 bridgehead atoms. The molecular weight excluding hydrogens is 452 g/mol. The second kappa shape index (κ2) is 10.6. The van der Waals surface area contributed by atoms with Crippen LogP contribution >= 0.6 is 0 Å². The number of amides is 1. The van der Waals surface area contributed by atoms with Crippen LogP contribution in [0.5, 0.6) is 0 Å².